The van der Waals surface area contributed by atoms with Crippen LogP contribution in [-0.4, -0.2) is 36.4 Å². The third-order valence-electron chi connectivity index (χ3n) is 1.28. The summed E-state index contributed by atoms with van der Waals surface area (Å²) in [6.45, 7) is 5.50. The van der Waals surface area contributed by atoms with Crippen LogP contribution >= 0.6 is 0 Å². The fraction of sp³-hybridized carbons (Fsp3) is 0.875. The van der Waals surface area contributed by atoms with E-state index in [-0.39, 0.29) is 12.1 Å². The molecule has 4 nitrogen and oxygen atoms in total. The molecular formula is C8H17NO3. The smallest absolute Gasteiger partial charge is 0.325 e. The molecule has 1 atom stereocenters. The monoisotopic (exact) mass is 175 g/mol. The minimum Gasteiger partial charge on any atom is -0.468 e. The minimum absolute atomic E-state index is 0.207. The summed E-state index contributed by atoms with van der Waals surface area (Å²) in [4.78, 5) is 11.0. The van der Waals surface area contributed by atoms with Gasteiger partial charge in [-0.2, -0.15) is 0 Å². The van der Waals surface area contributed by atoms with E-state index >= 15 is 0 Å². The molecule has 12 heavy (non-hydrogen) atoms. The maximum absolute atomic E-state index is 11.0. The van der Waals surface area contributed by atoms with Crippen molar-refractivity contribution in [1.29, 1.82) is 0 Å². The highest BCUT2D eigenvalue weighted by atomic mass is 16.5. The van der Waals surface area contributed by atoms with E-state index in [9.17, 15) is 4.79 Å². The van der Waals surface area contributed by atoms with Gasteiger partial charge in [-0.15, -0.1) is 0 Å². The molecule has 0 spiro atoms. The van der Waals surface area contributed by atoms with Gasteiger partial charge in [0.05, 0.1) is 13.7 Å². The zero-order valence-corrected chi connectivity index (χ0v) is 8.05. The van der Waals surface area contributed by atoms with E-state index in [0.717, 1.165) is 0 Å². The lowest BCUT2D eigenvalue weighted by molar-refractivity contribution is -0.144. The summed E-state index contributed by atoms with van der Waals surface area (Å²) in [6, 6.07) is -0.630. The summed E-state index contributed by atoms with van der Waals surface area (Å²) in [6.07, 6.45) is 0. The van der Waals surface area contributed by atoms with Gasteiger partial charge in [0.1, 0.15) is 6.04 Å². The number of hydrogen-bond donors (Lipinski definition) is 2. The third kappa shape index (κ3) is 4.31. The Morgan fingerprint density at radius 2 is 2.08 bits per heavy atom. The highest BCUT2D eigenvalue weighted by Gasteiger charge is 2.23. The van der Waals surface area contributed by atoms with Crippen molar-refractivity contribution in [1.82, 2.24) is 5.32 Å². The molecule has 0 bridgehead atoms. The zero-order valence-electron chi connectivity index (χ0n) is 8.05. The molecule has 0 aliphatic rings. The van der Waals surface area contributed by atoms with Gasteiger partial charge in [-0.25, -0.2) is 0 Å². The van der Waals surface area contributed by atoms with Crippen LogP contribution in [0.5, 0.6) is 0 Å². The number of ether oxygens (including phenoxy) is 1. The van der Waals surface area contributed by atoms with Crippen LogP contribution in [0.4, 0.5) is 0 Å². The lowest BCUT2D eigenvalue weighted by Gasteiger charge is -2.25. The predicted molar refractivity (Wildman–Crippen MR) is 45.8 cm³/mol. The standard InChI is InChI=1S/C8H17NO3/c1-8(2,3)9-6(5-10)7(11)12-4/h6,9-10H,5H2,1-4H3/t6-/m1/s1. The highest BCUT2D eigenvalue weighted by Crippen LogP contribution is 2.01. The fourth-order valence-electron chi connectivity index (χ4n) is 0.844. The van der Waals surface area contributed by atoms with Crippen molar-refractivity contribution >= 4 is 5.97 Å². The van der Waals surface area contributed by atoms with Gasteiger partial charge in [0.25, 0.3) is 0 Å². The van der Waals surface area contributed by atoms with Gasteiger partial charge >= 0.3 is 5.97 Å². The first kappa shape index (κ1) is 11.4. The molecule has 0 rings (SSSR count). The van der Waals surface area contributed by atoms with Crippen molar-refractivity contribution in [3.05, 3.63) is 0 Å². The second-order valence-electron chi connectivity index (χ2n) is 3.65. The zero-order chi connectivity index (χ0) is 9.78. The van der Waals surface area contributed by atoms with Crippen LogP contribution in [0.2, 0.25) is 0 Å². The summed E-state index contributed by atoms with van der Waals surface area (Å²) in [5.74, 6) is -0.438. The summed E-state index contributed by atoms with van der Waals surface area (Å²) in [7, 11) is 1.30. The summed E-state index contributed by atoms with van der Waals surface area (Å²) in [5, 5.41) is 11.8. The van der Waals surface area contributed by atoms with Gasteiger partial charge in [0.2, 0.25) is 0 Å². The van der Waals surface area contributed by atoms with Crippen molar-refractivity contribution in [2.24, 2.45) is 0 Å². The van der Waals surface area contributed by atoms with Gasteiger partial charge < -0.3 is 9.84 Å². The van der Waals surface area contributed by atoms with Crippen molar-refractivity contribution in [2.45, 2.75) is 32.4 Å². The van der Waals surface area contributed by atoms with Crippen molar-refractivity contribution < 1.29 is 14.6 Å². The lowest BCUT2D eigenvalue weighted by atomic mass is 10.1. The average Bonchev–Trinajstić information content (AvgIpc) is 1.97. The van der Waals surface area contributed by atoms with Crippen LogP contribution in [0.3, 0.4) is 0 Å². The van der Waals surface area contributed by atoms with Crippen LogP contribution in [0.25, 0.3) is 0 Å². The molecule has 2 N–H and O–H groups in total. The maximum Gasteiger partial charge on any atom is 0.325 e. The molecule has 0 radical (unpaired) electrons. The van der Waals surface area contributed by atoms with Crippen LogP contribution < -0.4 is 5.32 Å². The van der Waals surface area contributed by atoms with Crippen LogP contribution in [0, 0.1) is 0 Å². The molecule has 0 saturated heterocycles. The van der Waals surface area contributed by atoms with Gasteiger partial charge in [0.15, 0.2) is 0 Å². The van der Waals surface area contributed by atoms with Gasteiger partial charge in [0, 0.05) is 5.54 Å². The Balaban J connectivity index is 4.09. The maximum atomic E-state index is 11.0. The van der Waals surface area contributed by atoms with Crippen LogP contribution in [0.1, 0.15) is 20.8 Å². The SMILES string of the molecule is COC(=O)[C@@H](CO)NC(C)(C)C. The normalized spacial score (nSPS) is 14.1. The Morgan fingerprint density at radius 3 is 2.33 bits per heavy atom. The third-order valence-corrected chi connectivity index (χ3v) is 1.28. The molecule has 0 fully saturated rings. The van der Waals surface area contributed by atoms with Crippen molar-refractivity contribution in [2.75, 3.05) is 13.7 Å². The van der Waals surface area contributed by atoms with Gasteiger partial charge in [-0.1, -0.05) is 0 Å². The summed E-state index contributed by atoms with van der Waals surface area (Å²) >= 11 is 0. The van der Waals surface area contributed by atoms with E-state index < -0.39 is 12.0 Å². The second-order valence-corrected chi connectivity index (χ2v) is 3.65. The molecule has 0 aromatic carbocycles. The number of carbonyl (C=O) groups excluding carboxylic acids is 1. The molecule has 4 heteroatoms. The highest BCUT2D eigenvalue weighted by molar-refractivity contribution is 5.75. The summed E-state index contributed by atoms with van der Waals surface area (Å²) in [5.41, 5.74) is -0.207. The first-order valence-electron chi connectivity index (χ1n) is 3.87. The van der Waals surface area contributed by atoms with E-state index in [1.54, 1.807) is 0 Å². The van der Waals surface area contributed by atoms with Crippen molar-refractivity contribution in [3.63, 3.8) is 0 Å². The second kappa shape index (κ2) is 4.42. The lowest BCUT2D eigenvalue weighted by Crippen LogP contribution is -2.50. The largest absolute Gasteiger partial charge is 0.468 e. The Labute approximate surface area is 72.9 Å². The number of nitrogens with one attached hydrogen (secondary N) is 1. The van der Waals surface area contributed by atoms with Gasteiger partial charge in [-0.05, 0) is 20.8 Å². The molecule has 0 heterocycles. The van der Waals surface area contributed by atoms with E-state index in [0.29, 0.717) is 0 Å². The number of methoxy groups -OCH3 is 1. The van der Waals surface area contributed by atoms with Crippen LogP contribution in [0.15, 0.2) is 0 Å². The number of aliphatic hydroxyl groups is 1. The summed E-state index contributed by atoms with van der Waals surface area (Å²) < 4.78 is 4.49. The average molecular weight is 175 g/mol. The number of carbonyl (C=O) groups is 1. The van der Waals surface area contributed by atoms with Crippen molar-refractivity contribution in [3.8, 4) is 0 Å². The molecule has 0 aromatic heterocycles. The van der Waals surface area contributed by atoms with Crippen LogP contribution in [-0.2, 0) is 9.53 Å². The Bertz CT molecular complexity index is 151. The fourth-order valence-corrected chi connectivity index (χ4v) is 0.844. The number of rotatable bonds is 3. The Morgan fingerprint density at radius 1 is 1.58 bits per heavy atom. The Hall–Kier alpha value is -0.610. The molecule has 0 aliphatic heterocycles. The quantitative estimate of drug-likeness (QED) is 0.588. The minimum atomic E-state index is -0.630. The number of hydrogen-bond acceptors (Lipinski definition) is 4. The predicted octanol–water partition coefficient (Wildman–Crippen LogP) is -0.0916. The first-order valence-corrected chi connectivity index (χ1v) is 3.87. The molecule has 0 unspecified atom stereocenters. The molecular weight excluding hydrogens is 158 g/mol. The van der Waals surface area contributed by atoms with E-state index in [2.05, 4.69) is 10.1 Å². The number of aliphatic hydroxyl groups excluding tert-OH is 1. The molecule has 0 amide bonds. The van der Waals surface area contributed by atoms with E-state index in [1.807, 2.05) is 20.8 Å². The van der Waals surface area contributed by atoms with E-state index in [1.165, 1.54) is 7.11 Å². The van der Waals surface area contributed by atoms with E-state index in [4.69, 9.17) is 5.11 Å². The molecule has 0 aromatic rings. The van der Waals surface area contributed by atoms with Gasteiger partial charge in [-0.3, -0.25) is 10.1 Å². The number of esters is 1. The molecule has 0 aliphatic carbocycles. The molecule has 0 saturated carbocycles. The Kier molecular flexibility index (Phi) is 4.20. The first-order chi connectivity index (χ1) is 5.40. The molecule has 72 valence electrons. The topological polar surface area (TPSA) is 58.6 Å².